The van der Waals surface area contributed by atoms with Gasteiger partial charge < -0.3 is 10.5 Å². The van der Waals surface area contributed by atoms with Gasteiger partial charge in [0, 0.05) is 14.1 Å². The Hall–Kier alpha value is -0.0631. The van der Waals surface area contributed by atoms with Gasteiger partial charge in [0.05, 0.1) is 12.5 Å². The molecule has 1 fully saturated rings. The number of rotatable bonds is 4. The first-order valence-corrected chi connectivity index (χ1v) is 10.0. The summed E-state index contributed by atoms with van der Waals surface area (Å²) in [5.74, 6) is -0.110. The Bertz CT molecular complexity index is 243. The highest BCUT2D eigenvalue weighted by atomic mass is 35.5. The Balaban J connectivity index is 0.00000256. The second kappa shape index (κ2) is 7.39. The Labute approximate surface area is 112 Å². The first kappa shape index (κ1) is 16.9. The Kier molecular flexibility index (Phi) is 7.36. The number of hydrogen-bond acceptors (Lipinski definition) is 3. The third-order valence-corrected chi connectivity index (χ3v) is 4.92. The molecule has 0 saturated heterocycles. The number of esters is 1. The summed E-state index contributed by atoms with van der Waals surface area (Å²) in [4.78, 5) is 11.8. The summed E-state index contributed by atoms with van der Waals surface area (Å²) in [6.07, 6.45) is 4.14. The molecule has 0 radical (unpaired) electrons. The van der Waals surface area contributed by atoms with Crippen molar-refractivity contribution in [1.29, 1.82) is 0 Å². The van der Waals surface area contributed by atoms with Crippen molar-refractivity contribution in [2.75, 3.05) is 6.61 Å². The van der Waals surface area contributed by atoms with Crippen LogP contribution in [0.3, 0.4) is 0 Å². The summed E-state index contributed by atoms with van der Waals surface area (Å²) in [6.45, 7) is 7.44. The number of nitrogens with two attached hydrogens (primary N) is 1. The zero-order valence-corrected chi connectivity index (χ0v) is 13.0. The van der Waals surface area contributed by atoms with Crippen molar-refractivity contribution in [2.24, 2.45) is 11.7 Å². The second-order valence-electron chi connectivity index (χ2n) is 6.03. The lowest BCUT2D eigenvalue weighted by molar-refractivity contribution is -0.149. The number of carbonyl (C=O) groups excluding carboxylic acids is 1. The summed E-state index contributed by atoms with van der Waals surface area (Å²) < 4.78 is 5.34. The lowest BCUT2D eigenvalue weighted by atomic mass is 9.85. The molecule has 0 bridgehead atoms. The molecule has 0 aliphatic heterocycles. The maximum atomic E-state index is 11.8. The van der Waals surface area contributed by atoms with Crippen LogP contribution in [0.2, 0.25) is 25.7 Å². The third kappa shape index (κ3) is 6.43. The fraction of sp³-hybridized carbons (Fsp3) is 0.917. The van der Waals surface area contributed by atoms with Gasteiger partial charge in [-0.1, -0.05) is 32.5 Å². The van der Waals surface area contributed by atoms with Crippen molar-refractivity contribution in [1.82, 2.24) is 0 Å². The van der Waals surface area contributed by atoms with E-state index in [0.29, 0.717) is 6.61 Å². The molecule has 0 aromatic carbocycles. The smallest absolute Gasteiger partial charge is 0.310 e. The van der Waals surface area contributed by atoms with Crippen LogP contribution in [0, 0.1) is 5.92 Å². The molecule has 0 spiro atoms. The van der Waals surface area contributed by atoms with Crippen LogP contribution >= 0.6 is 12.4 Å². The van der Waals surface area contributed by atoms with Crippen LogP contribution in [0.1, 0.15) is 25.7 Å². The minimum absolute atomic E-state index is 0. The van der Waals surface area contributed by atoms with E-state index >= 15 is 0 Å². The highest BCUT2D eigenvalue weighted by Gasteiger charge is 2.29. The number of halogens is 1. The van der Waals surface area contributed by atoms with Gasteiger partial charge >= 0.3 is 5.97 Å². The fourth-order valence-corrected chi connectivity index (χ4v) is 2.73. The molecule has 102 valence electrons. The lowest BCUT2D eigenvalue weighted by Crippen LogP contribution is -2.39. The molecule has 2 N–H and O–H groups in total. The fourth-order valence-electron chi connectivity index (χ4n) is 2.02. The van der Waals surface area contributed by atoms with E-state index in [0.717, 1.165) is 31.7 Å². The largest absolute Gasteiger partial charge is 0.466 e. The molecule has 0 amide bonds. The van der Waals surface area contributed by atoms with E-state index in [-0.39, 0.29) is 30.3 Å². The van der Waals surface area contributed by atoms with Crippen LogP contribution < -0.4 is 5.73 Å². The van der Waals surface area contributed by atoms with Gasteiger partial charge in [0.1, 0.15) is 0 Å². The maximum absolute atomic E-state index is 11.8. The third-order valence-electron chi connectivity index (χ3n) is 3.22. The van der Waals surface area contributed by atoms with E-state index in [9.17, 15) is 4.79 Å². The Morgan fingerprint density at radius 2 is 1.88 bits per heavy atom. The van der Waals surface area contributed by atoms with Crippen molar-refractivity contribution in [3.05, 3.63) is 0 Å². The maximum Gasteiger partial charge on any atom is 0.310 e. The molecule has 1 saturated carbocycles. The van der Waals surface area contributed by atoms with E-state index in [4.69, 9.17) is 10.5 Å². The highest BCUT2D eigenvalue weighted by molar-refractivity contribution is 6.76. The molecule has 0 aromatic rings. The van der Waals surface area contributed by atoms with Gasteiger partial charge in [-0.15, -0.1) is 12.4 Å². The second-order valence-corrected chi connectivity index (χ2v) is 11.7. The molecule has 1 rings (SSSR count). The van der Waals surface area contributed by atoms with Crippen LogP contribution in [0.15, 0.2) is 0 Å². The molecule has 17 heavy (non-hydrogen) atoms. The van der Waals surface area contributed by atoms with Crippen molar-refractivity contribution < 1.29 is 9.53 Å². The quantitative estimate of drug-likeness (QED) is 0.636. The average Bonchev–Trinajstić information content (AvgIpc) is 2.16. The molecule has 0 heterocycles. The minimum atomic E-state index is -1.10. The predicted octanol–water partition coefficient (Wildman–Crippen LogP) is 2.81. The Morgan fingerprint density at radius 3 is 2.41 bits per heavy atom. The van der Waals surface area contributed by atoms with Gasteiger partial charge in [0.2, 0.25) is 0 Å². The van der Waals surface area contributed by atoms with Crippen LogP contribution in [0.5, 0.6) is 0 Å². The van der Waals surface area contributed by atoms with Crippen LogP contribution in [-0.2, 0) is 9.53 Å². The zero-order chi connectivity index (χ0) is 12.2. The standard InChI is InChI=1S/C12H25NO2Si.ClH/c1-16(2,3)9-8-15-12(14)10-6-4-5-7-11(10)13;/h10-11H,4-9,13H2,1-3H3;1H/t10-,11+;/m0./s1. The molecule has 0 unspecified atom stereocenters. The van der Waals surface area contributed by atoms with Crippen molar-refractivity contribution in [2.45, 2.75) is 57.4 Å². The predicted molar refractivity (Wildman–Crippen MR) is 76.3 cm³/mol. The number of carbonyl (C=O) groups is 1. The van der Waals surface area contributed by atoms with Gasteiger partial charge in [0.25, 0.3) is 0 Å². The van der Waals surface area contributed by atoms with Crippen LogP contribution in [0.4, 0.5) is 0 Å². The highest BCUT2D eigenvalue weighted by Crippen LogP contribution is 2.24. The lowest BCUT2D eigenvalue weighted by Gasteiger charge is -2.27. The minimum Gasteiger partial charge on any atom is -0.466 e. The van der Waals surface area contributed by atoms with E-state index in [2.05, 4.69) is 19.6 Å². The van der Waals surface area contributed by atoms with Gasteiger partial charge in [-0.2, -0.15) is 0 Å². The van der Waals surface area contributed by atoms with Crippen LogP contribution in [0.25, 0.3) is 0 Å². The topological polar surface area (TPSA) is 52.3 Å². The van der Waals surface area contributed by atoms with E-state index in [1.807, 2.05) is 0 Å². The van der Waals surface area contributed by atoms with Gasteiger partial charge in [-0.3, -0.25) is 4.79 Å². The molecule has 3 nitrogen and oxygen atoms in total. The van der Waals surface area contributed by atoms with Gasteiger partial charge in [-0.05, 0) is 18.9 Å². The first-order chi connectivity index (χ1) is 7.40. The number of hydrogen-bond donors (Lipinski definition) is 1. The molecule has 2 atom stereocenters. The van der Waals surface area contributed by atoms with E-state index in [1.165, 1.54) is 0 Å². The summed E-state index contributed by atoms with van der Waals surface area (Å²) >= 11 is 0. The summed E-state index contributed by atoms with van der Waals surface area (Å²) in [6, 6.07) is 1.06. The molecule has 1 aliphatic carbocycles. The Morgan fingerprint density at radius 1 is 1.29 bits per heavy atom. The normalized spacial score (nSPS) is 24.9. The molecular weight excluding hydrogens is 254 g/mol. The van der Waals surface area contributed by atoms with Crippen molar-refractivity contribution in [3.8, 4) is 0 Å². The molecule has 0 aromatic heterocycles. The van der Waals surface area contributed by atoms with Crippen molar-refractivity contribution >= 4 is 26.5 Å². The van der Waals surface area contributed by atoms with Crippen molar-refractivity contribution in [3.63, 3.8) is 0 Å². The summed E-state index contributed by atoms with van der Waals surface area (Å²) in [5, 5.41) is 0. The van der Waals surface area contributed by atoms with Crippen LogP contribution in [-0.4, -0.2) is 26.7 Å². The first-order valence-electron chi connectivity index (χ1n) is 6.32. The summed E-state index contributed by atoms with van der Waals surface area (Å²) in [7, 11) is -1.10. The molecular formula is C12H26ClNO2Si. The van der Waals surface area contributed by atoms with E-state index in [1.54, 1.807) is 0 Å². The number of ether oxygens (including phenoxy) is 1. The zero-order valence-electron chi connectivity index (χ0n) is 11.2. The summed E-state index contributed by atoms with van der Waals surface area (Å²) in [5.41, 5.74) is 5.95. The van der Waals surface area contributed by atoms with Gasteiger partial charge in [0.15, 0.2) is 0 Å². The average molecular weight is 280 g/mol. The SMILES string of the molecule is C[Si](C)(C)CCOC(=O)[C@H]1CCCC[C@H]1N.Cl. The molecule has 1 aliphatic rings. The monoisotopic (exact) mass is 279 g/mol. The van der Waals surface area contributed by atoms with Gasteiger partial charge in [-0.25, -0.2) is 0 Å². The van der Waals surface area contributed by atoms with E-state index < -0.39 is 8.07 Å². The molecule has 5 heteroatoms.